The zero-order valence-electron chi connectivity index (χ0n) is 33.6. The SMILES string of the molecule is C[Si](C)=[Zr+2].Cc1ccc(-c2cc(-n3cc4ccccc4n3)c3cc(C)[cH-]c3c2)cc1.Cc1ccc(-c2cc(-n3cc4ccccc4n3)c3cc(C)[cH-]c3c2)cc1.[Cl-].[Cl-]. The van der Waals surface area contributed by atoms with Gasteiger partial charge in [-0.1, -0.05) is 121 Å². The normalized spacial score (nSPS) is 10.8. The van der Waals surface area contributed by atoms with E-state index in [4.69, 9.17) is 10.2 Å². The first-order valence-corrected chi connectivity index (χ1v) is 25.2. The minimum absolute atomic E-state index is 0. The van der Waals surface area contributed by atoms with Gasteiger partial charge in [0.2, 0.25) is 0 Å². The number of halogens is 2. The summed E-state index contributed by atoms with van der Waals surface area (Å²) >= 11 is 1.74. The Balaban J connectivity index is 0.000000174. The molecule has 0 atom stereocenters. The van der Waals surface area contributed by atoms with Gasteiger partial charge in [0.25, 0.3) is 0 Å². The van der Waals surface area contributed by atoms with Crippen molar-refractivity contribution in [1.29, 1.82) is 0 Å². The average molecular weight is 891 g/mol. The molecule has 0 bridgehead atoms. The summed E-state index contributed by atoms with van der Waals surface area (Å²) in [5.74, 6) is 0. The van der Waals surface area contributed by atoms with E-state index < -0.39 is 0 Å². The van der Waals surface area contributed by atoms with Crippen molar-refractivity contribution in [2.24, 2.45) is 0 Å². The van der Waals surface area contributed by atoms with Gasteiger partial charge in [0, 0.05) is 34.5 Å². The van der Waals surface area contributed by atoms with Crippen LogP contribution >= 0.6 is 0 Å². The van der Waals surface area contributed by atoms with Gasteiger partial charge in [-0.15, -0.1) is 56.9 Å². The van der Waals surface area contributed by atoms with Crippen LogP contribution in [0.3, 0.4) is 0 Å². The molecule has 288 valence electrons. The second-order valence-electron chi connectivity index (χ2n) is 15.1. The Kier molecular flexibility index (Phi) is 13.6. The number of rotatable bonds is 4. The van der Waals surface area contributed by atoms with E-state index in [1.165, 1.54) is 66.1 Å². The molecular weight excluding hydrogens is 847 g/mol. The predicted molar refractivity (Wildman–Crippen MR) is 236 cm³/mol. The molecule has 0 aliphatic rings. The predicted octanol–water partition coefficient (Wildman–Crippen LogP) is 7.16. The number of hydrogen-bond acceptors (Lipinski definition) is 2. The third-order valence-electron chi connectivity index (χ3n) is 9.98. The Morgan fingerprint density at radius 2 is 0.845 bits per heavy atom. The van der Waals surface area contributed by atoms with Crippen molar-refractivity contribution in [2.75, 3.05) is 0 Å². The van der Waals surface area contributed by atoms with Crippen LogP contribution in [0.4, 0.5) is 0 Å². The Morgan fingerprint density at radius 3 is 1.21 bits per heavy atom. The summed E-state index contributed by atoms with van der Waals surface area (Å²) in [6.07, 6.45) is 4.23. The van der Waals surface area contributed by atoms with E-state index in [0.29, 0.717) is 0 Å². The van der Waals surface area contributed by atoms with Crippen molar-refractivity contribution in [1.82, 2.24) is 19.6 Å². The van der Waals surface area contributed by atoms with E-state index in [0.717, 1.165) is 33.2 Å². The molecule has 2 aromatic heterocycles. The quantitative estimate of drug-likeness (QED) is 0.139. The molecule has 8 heteroatoms. The summed E-state index contributed by atoms with van der Waals surface area (Å²) in [6, 6.07) is 52.0. The van der Waals surface area contributed by atoms with Gasteiger partial charge in [-0.3, -0.25) is 0 Å². The smallest absolute Gasteiger partial charge is 0.0927 e. The Hall–Kier alpha value is -4.84. The van der Waals surface area contributed by atoms with Crippen molar-refractivity contribution in [3.8, 4) is 33.6 Å². The fourth-order valence-corrected chi connectivity index (χ4v) is 7.28. The first-order valence-electron chi connectivity index (χ1n) is 19.1. The van der Waals surface area contributed by atoms with Gasteiger partial charge in [0.1, 0.15) is 0 Å². The minimum atomic E-state index is 0. The molecule has 58 heavy (non-hydrogen) atoms. The van der Waals surface area contributed by atoms with Crippen LogP contribution < -0.4 is 24.8 Å². The third-order valence-corrected chi connectivity index (χ3v) is 9.98. The summed E-state index contributed by atoms with van der Waals surface area (Å²) in [5.41, 5.74) is 14.5. The standard InChI is InChI=1S/2C24H19N2.C2H6Si.2ClH.Zr/c2*1-16-7-9-18(10-8-16)20-13-21-11-17(2)12-22(21)24(14-20)26-15-19-5-3-4-6-23(19)25-26;1-3-2;;;/h2*3-15H,1-2H3;1-2H3;2*1H;/q2*-1;;;;+2/p-2. The molecule has 4 nitrogen and oxygen atoms in total. The molecule has 10 rings (SSSR count). The Morgan fingerprint density at radius 1 is 0.483 bits per heavy atom. The first kappa shape index (κ1) is 42.8. The minimum Gasteiger partial charge on any atom is -1.00 e. The number of aryl methyl sites for hydroxylation is 4. The zero-order valence-corrected chi connectivity index (χ0v) is 38.5. The van der Waals surface area contributed by atoms with Crippen molar-refractivity contribution < 1.29 is 48.1 Å². The average Bonchev–Trinajstić information content (AvgIpc) is 3.98. The number of nitrogens with zero attached hydrogens (tertiary/aromatic N) is 4. The van der Waals surface area contributed by atoms with Gasteiger partial charge >= 0.3 is 41.9 Å². The topological polar surface area (TPSA) is 35.6 Å². The van der Waals surface area contributed by atoms with Crippen LogP contribution in [0.15, 0.2) is 158 Å². The molecule has 2 heterocycles. The number of benzene rings is 6. The molecule has 0 radical (unpaired) electrons. The van der Waals surface area contributed by atoms with Crippen LogP contribution in [-0.2, 0) is 23.3 Å². The maximum absolute atomic E-state index is 4.81. The van der Waals surface area contributed by atoms with Crippen LogP contribution in [-0.4, -0.2) is 25.0 Å². The van der Waals surface area contributed by atoms with Crippen LogP contribution in [0.5, 0.6) is 0 Å². The van der Waals surface area contributed by atoms with Crippen LogP contribution in [0.25, 0.3) is 77.0 Å². The summed E-state index contributed by atoms with van der Waals surface area (Å²) in [5, 5.41) is 16.9. The molecule has 0 aliphatic heterocycles. The Bertz CT molecular complexity index is 2740. The molecule has 10 aromatic rings. The summed E-state index contributed by atoms with van der Waals surface area (Å²) in [6.45, 7) is 13.2. The molecule has 8 aromatic carbocycles. The molecule has 0 amide bonds. The van der Waals surface area contributed by atoms with Crippen molar-refractivity contribution >= 4 is 48.8 Å². The van der Waals surface area contributed by atoms with E-state index in [-0.39, 0.29) is 30.2 Å². The second-order valence-corrected chi connectivity index (χ2v) is 24.4. The van der Waals surface area contributed by atoms with Crippen LogP contribution in [0.1, 0.15) is 22.3 Å². The van der Waals surface area contributed by atoms with Crippen molar-refractivity contribution in [3.63, 3.8) is 0 Å². The largest absolute Gasteiger partial charge is 1.00 e. The number of hydrogen-bond donors (Lipinski definition) is 0. The number of aromatic nitrogens is 4. The van der Waals surface area contributed by atoms with E-state index in [1.54, 1.807) is 23.3 Å². The van der Waals surface area contributed by atoms with Crippen LogP contribution in [0.2, 0.25) is 13.1 Å². The molecular formula is C50H44Cl2N4SiZr-2. The fraction of sp³-hybridized carbons (Fsp3) is 0.120. The van der Waals surface area contributed by atoms with E-state index >= 15 is 0 Å². The molecule has 0 unspecified atom stereocenters. The van der Waals surface area contributed by atoms with Gasteiger partial charge in [-0.05, 0) is 49.2 Å². The van der Waals surface area contributed by atoms with Crippen molar-refractivity contribution in [2.45, 2.75) is 40.8 Å². The fourth-order valence-electron chi connectivity index (χ4n) is 7.28. The van der Waals surface area contributed by atoms with E-state index in [2.05, 4.69) is 187 Å². The molecule has 0 N–H and O–H groups in total. The molecule has 0 spiro atoms. The van der Waals surface area contributed by atoms with Gasteiger partial charge in [0.05, 0.1) is 11.0 Å². The Labute approximate surface area is 368 Å². The van der Waals surface area contributed by atoms with Gasteiger partial charge < -0.3 is 24.8 Å². The van der Waals surface area contributed by atoms with E-state index in [1.807, 2.05) is 21.5 Å². The summed E-state index contributed by atoms with van der Waals surface area (Å²) in [4.78, 5) is 0. The molecule has 0 fully saturated rings. The number of fused-ring (bicyclic) bond motifs is 4. The molecule has 0 aliphatic carbocycles. The first-order chi connectivity index (χ1) is 27.1. The van der Waals surface area contributed by atoms with Crippen molar-refractivity contribution in [3.05, 3.63) is 180 Å². The van der Waals surface area contributed by atoms with E-state index in [9.17, 15) is 0 Å². The maximum atomic E-state index is 4.81. The third kappa shape index (κ3) is 9.38. The maximum Gasteiger partial charge on any atom is 0.0927 e. The molecule has 0 saturated heterocycles. The molecule has 0 saturated carbocycles. The second kappa shape index (κ2) is 18.4. The zero-order chi connectivity index (χ0) is 38.9. The van der Waals surface area contributed by atoms with Gasteiger partial charge in [-0.2, -0.15) is 22.3 Å². The summed E-state index contributed by atoms with van der Waals surface area (Å²) in [7, 11) is 0. The summed E-state index contributed by atoms with van der Waals surface area (Å²) < 4.78 is 4.04. The van der Waals surface area contributed by atoms with Gasteiger partial charge in [-0.25, -0.2) is 9.36 Å². The monoisotopic (exact) mass is 888 g/mol. The van der Waals surface area contributed by atoms with Crippen LogP contribution in [0, 0.1) is 27.7 Å². The van der Waals surface area contributed by atoms with Gasteiger partial charge in [0.15, 0.2) is 0 Å².